The minimum Gasteiger partial charge on any atom is -0.508 e. The van der Waals surface area contributed by atoms with Crippen molar-refractivity contribution in [3.8, 4) is 17.6 Å². The van der Waals surface area contributed by atoms with Crippen molar-refractivity contribution in [3.63, 3.8) is 0 Å². The maximum atomic E-state index is 10.6. The van der Waals surface area contributed by atoms with Crippen LogP contribution in [0.2, 0.25) is 0 Å². The molecule has 1 aromatic carbocycles. The third kappa shape index (κ3) is 3.46. The van der Waals surface area contributed by atoms with Crippen LogP contribution in [0.1, 0.15) is 89.2 Å². The van der Waals surface area contributed by atoms with Crippen LogP contribution < -0.4 is 5.73 Å². The molecule has 5 aliphatic carbocycles. The minimum atomic E-state index is -0.532. The van der Waals surface area contributed by atoms with Gasteiger partial charge in [-0.2, -0.15) is 0 Å². The molecule has 8 unspecified atom stereocenters. The Hall–Kier alpha value is -1.54. The number of rotatable bonds is 1. The van der Waals surface area contributed by atoms with Gasteiger partial charge < -0.3 is 20.7 Å². The molecule has 0 aromatic heterocycles. The number of nitrogens with two attached hydrogens (primary N) is 1. The van der Waals surface area contributed by atoms with Crippen LogP contribution in [0.15, 0.2) is 18.2 Å². The molecule has 4 N–H and O–H groups in total. The monoisotopic (exact) mass is 503 g/mol. The Bertz CT molecular complexity index is 1140. The number of hydrogen-bond acceptors (Lipinski definition) is 4. The molecule has 6 fully saturated rings. The van der Waals surface area contributed by atoms with Gasteiger partial charge in [-0.05, 0) is 118 Å². The summed E-state index contributed by atoms with van der Waals surface area (Å²) < 4.78 is 7.41. The summed E-state index contributed by atoms with van der Waals surface area (Å²) in [6, 6.07) is 5.93. The van der Waals surface area contributed by atoms with E-state index in [4.69, 9.17) is 10.5 Å². The smallest absolute Gasteiger partial charge is 0.115 e. The molecule has 2 spiro atoms. The number of ether oxygens (including phenoxy) is 1. The van der Waals surface area contributed by atoms with Crippen molar-refractivity contribution < 1.29 is 14.9 Å². The van der Waals surface area contributed by atoms with Crippen LogP contribution in [-0.2, 0) is 17.6 Å². The van der Waals surface area contributed by atoms with Crippen LogP contribution in [0.5, 0.6) is 5.75 Å². The minimum absolute atomic E-state index is 0.0622. The number of aliphatic hydroxyl groups excluding tert-OH is 1. The molecule has 37 heavy (non-hydrogen) atoms. The molecular weight excluding hydrogens is 458 g/mol. The van der Waals surface area contributed by atoms with E-state index < -0.39 is 5.54 Å². The van der Waals surface area contributed by atoms with Crippen LogP contribution in [0.25, 0.3) is 0 Å². The Morgan fingerprint density at radius 2 is 1.89 bits per heavy atom. The second-order valence-electron chi connectivity index (χ2n) is 14.6. The Balaban J connectivity index is 1.43. The van der Waals surface area contributed by atoms with Crippen LogP contribution in [0.3, 0.4) is 0 Å². The van der Waals surface area contributed by atoms with Gasteiger partial charge in [-0.1, -0.05) is 30.7 Å². The van der Waals surface area contributed by atoms with Gasteiger partial charge in [0.2, 0.25) is 0 Å². The molecule has 0 amide bonds. The predicted octanol–water partition coefficient (Wildman–Crippen LogP) is 5.37. The van der Waals surface area contributed by atoms with E-state index in [0.717, 1.165) is 25.7 Å². The highest BCUT2D eigenvalue weighted by atomic mass is 16.5. The summed E-state index contributed by atoms with van der Waals surface area (Å²) in [5, 5.41) is 20.9. The highest BCUT2D eigenvalue weighted by molar-refractivity contribution is 5.39. The van der Waals surface area contributed by atoms with E-state index in [9.17, 15) is 10.2 Å². The fourth-order valence-electron chi connectivity index (χ4n) is 11.3. The number of aliphatic hydroxyl groups is 1. The van der Waals surface area contributed by atoms with Crippen molar-refractivity contribution in [1.82, 2.24) is 0 Å². The van der Waals surface area contributed by atoms with Crippen molar-refractivity contribution in [2.75, 3.05) is 6.61 Å². The van der Waals surface area contributed by atoms with Gasteiger partial charge in [0.25, 0.3) is 0 Å². The fourth-order valence-corrected chi connectivity index (χ4v) is 11.3. The summed E-state index contributed by atoms with van der Waals surface area (Å²) in [6.07, 6.45) is 14.1. The van der Waals surface area contributed by atoms with E-state index in [2.05, 4.69) is 31.8 Å². The highest BCUT2D eigenvalue weighted by Crippen LogP contribution is 2.69. The highest BCUT2D eigenvalue weighted by Gasteiger charge is 2.74. The Morgan fingerprint density at radius 3 is 2.68 bits per heavy atom. The Kier molecular flexibility index (Phi) is 5.45. The van der Waals surface area contributed by atoms with Gasteiger partial charge >= 0.3 is 0 Å². The Morgan fingerprint density at radius 1 is 1.08 bits per heavy atom. The van der Waals surface area contributed by atoms with E-state index in [1.165, 1.54) is 56.1 Å². The molecule has 7 aliphatic rings. The lowest BCUT2D eigenvalue weighted by molar-refractivity contribution is -0.342. The fraction of sp³-hybridized carbons (Fsp3) is 0.758. The molecule has 2 aliphatic heterocycles. The summed E-state index contributed by atoms with van der Waals surface area (Å²) in [5.41, 5.74) is 9.42. The quantitative estimate of drug-likeness (QED) is 0.451. The first-order chi connectivity index (χ1) is 17.7. The first kappa shape index (κ1) is 24.5. The zero-order chi connectivity index (χ0) is 25.6. The average molecular weight is 504 g/mol. The van der Waals surface area contributed by atoms with Crippen LogP contribution in [0.4, 0.5) is 0 Å². The van der Waals surface area contributed by atoms with Crippen molar-refractivity contribution in [3.05, 3.63) is 29.3 Å². The van der Waals surface area contributed by atoms with Crippen LogP contribution in [0, 0.1) is 52.8 Å². The SMILES string of the molecule is CC1(C)OC23CC4CCC(CO)C(N)(C41)C2C#CCc1cc(O)ccc1CC1CC3CC2(CCCC2)C1. The Labute approximate surface area is 222 Å². The van der Waals surface area contributed by atoms with Crippen LogP contribution in [-0.4, -0.2) is 33.6 Å². The zero-order valence-electron chi connectivity index (χ0n) is 22.8. The number of fused-ring (bicyclic) bond motifs is 4. The number of hydrogen-bond donors (Lipinski definition) is 3. The van der Waals surface area contributed by atoms with Crippen molar-refractivity contribution in [2.45, 2.75) is 108 Å². The van der Waals surface area contributed by atoms with Crippen molar-refractivity contribution >= 4 is 0 Å². The molecule has 2 heterocycles. The summed E-state index contributed by atoms with van der Waals surface area (Å²) in [5.74, 6) is 9.53. The molecule has 0 radical (unpaired) electrons. The second kappa shape index (κ2) is 8.23. The van der Waals surface area contributed by atoms with E-state index in [1.807, 2.05) is 12.1 Å². The molecule has 4 heteroatoms. The van der Waals surface area contributed by atoms with E-state index >= 15 is 0 Å². The van der Waals surface area contributed by atoms with E-state index in [1.54, 1.807) is 0 Å². The predicted molar refractivity (Wildman–Crippen MR) is 145 cm³/mol. The van der Waals surface area contributed by atoms with Crippen LogP contribution >= 0.6 is 0 Å². The molecule has 8 atom stereocenters. The number of phenols is 1. The topological polar surface area (TPSA) is 75.7 Å². The summed E-state index contributed by atoms with van der Waals surface area (Å²) in [7, 11) is 0. The molecule has 200 valence electrons. The van der Waals surface area contributed by atoms with Crippen molar-refractivity contribution in [2.24, 2.45) is 46.7 Å². The lowest BCUT2D eigenvalue weighted by Gasteiger charge is -2.73. The largest absolute Gasteiger partial charge is 0.508 e. The van der Waals surface area contributed by atoms with E-state index in [0.29, 0.717) is 35.3 Å². The van der Waals surface area contributed by atoms with Gasteiger partial charge in [-0.15, -0.1) is 0 Å². The number of benzene rings is 1. The summed E-state index contributed by atoms with van der Waals surface area (Å²) >= 11 is 0. The number of phenolic OH excluding ortho intramolecular Hbond substituents is 1. The maximum absolute atomic E-state index is 10.6. The third-order valence-corrected chi connectivity index (χ3v) is 12.2. The molecule has 1 aromatic rings. The van der Waals surface area contributed by atoms with Crippen molar-refractivity contribution in [1.29, 1.82) is 0 Å². The molecule has 2 saturated heterocycles. The lowest BCUT2D eigenvalue weighted by atomic mass is 9.40. The normalized spacial score (nSPS) is 44.8. The van der Waals surface area contributed by atoms with Gasteiger partial charge in [0.15, 0.2) is 0 Å². The second-order valence-corrected chi connectivity index (χ2v) is 14.6. The third-order valence-electron chi connectivity index (χ3n) is 12.2. The van der Waals surface area contributed by atoms with E-state index in [-0.39, 0.29) is 35.6 Å². The van der Waals surface area contributed by atoms with Gasteiger partial charge in [0.1, 0.15) is 5.75 Å². The lowest BCUT2D eigenvalue weighted by Crippen LogP contribution is -2.82. The first-order valence-electron chi connectivity index (χ1n) is 15.1. The summed E-state index contributed by atoms with van der Waals surface area (Å²) in [4.78, 5) is 0. The first-order valence-corrected chi connectivity index (χ1v) is 15.1. The average Bonchev–Trinajstić information content (AvgIpc) is 3.27. The van der Waals surface area contributed by atoms with Gasteiger partial charge in [0, 0.05) is 30.4 Å². The molecule has 4 saturated carbocycles. The molecular formula is C33H45NO3. The molecule has 4 nitrogen and oxygen atoms in total. The zero-order valence-corrected chi connectivity index (χ0v) is 22.8. The van der Waals surface area contributed by atoms with Gasteiger partial charge in [-0.25, -0.2) is 0 Å². The number of aromatic hydroxyl groups is 1. The van der Waals surface area contributed by atoms with Gasteiger partial charge in [0.05, 0.1) is 17.1 Å². The standard InChI is InChI=1S/C33H45NO3/c1-30(2)29-24-8-10-25(20-35)33(29,34)28-7-5-6-22-16-27(36)11-9-23(22)14-21-15-26(32(28,18-24)37-30)19-31(17-21)12-3-4-13-31/h9,11,16,21,24-26,28-29,35-36H,3-4,6,8,10,12-15,17-20,34H2,1-2H3. The summed E-state index contributed by atoms with van der Waals surface area (Å²) in [6.45, 7) is 4.70. The molecule has 6 bridgehead atoms. The molecule has 8 rings (SSSR count). The maximum Gasteiger partial charge on any atom is 0.115 e. The van der Waals surface area contributed by atoms with Gasteiger partial charge in [-0.3, -0.25) is 0 Å².